The third kappa shape index (κ3) is 5.31. The van der Waals surface area contributed by atoms with Gasteiger partial charge in [-0.1, -0.05) is 32.8 Å². The monoisotopic (exact) mass is 292 g/mol. The highest BCUT2D eigenvalue weighted by atomic mass is 19.1. The highest BCUT2D eigenvalue weighted by Crippen LogP contribution is 2.28. The Kier molecular flexibility index (Phi) is 6.50. The van der Waals surface area contributed by atoms with E-state index < -0.39 is 0 Å². The first-order valence-corrected chi connectivity index (χ1v) is 8.41. The zero-order valence-electron chi connectivity index (χ0n) is 13.5. The van der Waals surface area contributed by atoms with E-state index >= 15 is 0 Å². The minimum absolute atomic E-state index is 0.114. The van der Waals surface area contributed by atoms with Gasteiger partial charge >= 0.3 is 0 Å². The van der Waals surface area contributed by atoms with Gasteiger partial charge < -0.3 is 10.2 Å². The number of hydrogen-bond donors (Lipinski definition) is 1. The molecule has 3 heteroatoms. The highest BCUT2D eigenvalue weighted by Gasteiger charge is 2.18. The number of nitrogens with zero attached hydrogens (tertiary/aromatic N) is 1. The Hall–Kier alpha value is -1.09. The topological polar surface area (TPSA) is 15.3 Å². The lowest BCUT2D eigenvalue weighted by Crippen LogP contribution is -2.22. The molecule has 0 atom stereocenters. The van der Waals surface area contributed by atoms with Gasteiger partial charge in [-0.2, -0.15) is 0 Å². The van der Waals surface area contributed by atoms with Gasteiger partial charge in [-0.15, -0.1) is 0 Å². The molecular formula is C18H29FN2. The number of nitrogens with one attached hydrogen (secondary N) is 1. The average Bonchev–Trinajstić information content (AvgIpc) is 2.84. The van der Waals surface area contributed by atoms with E-state index in [4.69, 9.17) is 0 Å². The standard InChI is InChI=1S/C18H29FN2/c1-15(2)14-20-10-5-3-4-6-11-21-12-9-16-7-8-17(19)13-18(16)21/h7-8,13,15,20H,3-6,9-12,14H2,1-2H3. The van der Waals surface area contributed by atoms with E-state index in [-0.39, 0.29) is 5.82 Å². The molecule has 21 heavy (non-hydrogen) atoms. The maximum atomic E-state index is 13.3. The molecule has 1 aromatic carbocycles. The first-order valence-electron chi connectivity index (χ1n) is 8.41. The van der Waals surface area contributed by atoms with Gasteiger partial charge in [0.1, 0.15) is 5.82 Å². The minimum atomic E-state index is -0.114. The fraction of sp³-hybridized carbons (Fsp3) is 0.667. The molecule has 0 saturated heterocycles. The Morgan fingerprint density at radius 3 is 2.81 bits per heavy atom. The van der Waals surface area contributed by atoms with Crippen LogP contribution in [0.15, 0.2) is 18.2 Å². The van der Waals surface area contributed by atoms with Crippen molar-refractivity contribution < 1.29 is 4.39 Å². The van der Waals surface area contributed by atoms with Crippen LogP contribution in [-0.4, -0.2) is 26.2 Å². The summed E-state index contributed by atoms with van der Waals surface area (Å²) < 4.78 is 13.3. The SMILES string of the molecule is CC(C)CNCCCCCCN1CCc2ccc(F)cc21. The number of halogens is 1. The van der Waals surface area contributed by atoms with Crippen molar-refractivity contribution in [2.75, 3.05) is 31.1 Å². The van der Waals surface area contributed by atoms with Crippen LogP contribution in [0.4, 0.5) is 10.1 Å². The molecule has 0 spiro atoms. The second-order valence-corrected chi connectivity index (χ2v) is 6.52. The summed E-state index contributed by atoms with van der Waals surface area (Å²) in [6.07, 6.45) is 6.09. The second-order valence-electron chi connectivity index (χ2n) is 6.52. The summed E-state index contributed by atoms with van der Waals surface area (Å²) in [4.78, 5) is 2.34. The number of hydrogen-bond acceptors (Lipinski definition) is 2. The van der Waals surface area contributed by atoms with Crippen LogP contribution in [0, 0.1) is 11.7 Å². The molecule has 1 aliphatic heterocycles. The van der Waals surface area contributed by atoms with Gasteiger partial charge in [0, 0.05) is 18.8 Å². The van der Waals surface area contributed by atoms with Crippen molar-refractivity contribution in [1.29, 1.82) is 0 Å². The Balaban J connectivity index is 1.57. The summed E-state index contributed by atoms with van der Waals surface area (Å²) in [5.41, 5.74) is 2.42. The van der Waals surface area contributed by atoms with E-state index in [1.54, 1.807) is 12.1 Å². The quantitative estimate of drug-likeness (QED) is 0.692. The number of rotatable bonds is 9. The molecule has 1 N–H and O–H groups in total. The fourth-order valence-corrected chi connectivity index (χ4v) is 2.95. The molecule has 0 fully saturated rings. The van der Waals surface area contributed by atoms with Crippen LogP contribution in [0.25, 0.3) is 0 Å². The van der Waals surface area contributed by atoms with E-state index in [1.165, 1.54) is 31.2 Å². The molecular weight excluding hydrogens is 263 g/mol. The Morgan fingerprint density at radius 2 is 2.00 bits per heavy atom. The molecule has 1 aromatic rings. The molecule has 0 aliphatic carbocycles. The van der Waals surface area contributed by atoms with E-state index in [9.17, 15) is 4.39 Å². The summed E-state index contributed by atoms with van der Waals surface area (Å²) in [5, 5.41) is 3.48. The molecule has 0 radical (unpaired) electrons. The van der Waals surface area contributed by atoms with Crippen LogP contribution in [0.2, 0.25) is 0 Å². The van der Waals surface area contributed by atoms with Crippen LogP contribution in [-0.2, 0) is 6.42 Å². The number of unbranched alkanes of at least 4 members (excludes halogenated alkanes) is 3. The Morgan fingerprint density at radius 1 is 1.19 bits per heavy atom. The van der Waals surface area contributed by atoms with Crippen molar-refractivity contribution in [3.05, 3.63) is 29.6 Å². The van der Waals surface area contributed by atoms with Crippen molar-refractivity contribution in [3.63, 3.8) is 0 Å². The normalized spacial score (nSPS) is 14.0. The van der Waals surface area contributed by atoms with Gasteiger partial charge in [0.25, 0.3) is 0 Å². The maximum Gasteiger partial charge on any atom is 0.125 e. The van der Waals surface area contributed by atoms with Crippen LogP contribution in [0.3, 0.4) is 0 Å². The molecule has 1 heterocycles. The molecule has 2 rings (SSSR count). The van der Waals surface area contributed by atoms with Crippen molar-refractivity contribution >= 4 is 5.69 Å². The largest absolute Gasteiger partial charge is 0.371 e. The van der Waals surface area contributed by atoms with Gasteiger partial charge in [0.2, 0.25) is 0 Å². The first kappa shape index (κ1) is 16.3. The second kappa shape index (κ2) is 8.38. The number of benzene rings is 1. The highest BCUT2D eigenvalue weighted by molar-refractivity contribution is 5.57. The van der Waals surface area contributed by atoms with Crippen molar-refractivity contribution in [2.24, 2.45) is 5.92 Å². The summed E-state index contributed by atoms with van der Waals surface area (Å²) >= 11 is 0. The Bertz CT molecular complexity index is 431. The fourth-order valence-electron chi connectivity index (χ4n) is 2.95. The van der Waals surface area contributed by atoms with Crippen LogP contribution in [0.5, 0.6) is 0 Å². The molecule has 0 bridgehead atoms. The molecule has 0 unspecified atom stereocenters. The summed E-state index contributed by atoms with van der Waals surface area (Å²) in [6, 6.07) is 5.20. The van der Waals surface area contributed by atoms with Gasteiger partial charge in [-0.05, 0) is 56.0 Å². The zero-order chi connectivity index (χ0) is 15.1. The first-order chi connectivity index (χ1) is 10.2. The van der Waals surface area contributed by atoms with Crippen LogP contribution >= 0.6 is 0 Å². The average molecular weight is 292 g/mol. The van der Waals surface area contributed by atoms with Crippen molar-refractivity contribution in [2.45, 2.75) is 46.0 Å². The summed E-state index contributed by atoms with van der Waals surface area (Å²) in [6.45, 7) is 8.85. The molecule has 0 amide bonds. The predicted molar refractivity (Wildman–Crippen MR) is 88.5 cm³/mol. The van der Waals surface area contributed by atoms with Gasteiger partial charge in [0.15, 0.2) is 0 Å². The van der Waals surface area contributed by atoms with Crippen LogP contribution in [0.1, 0.15) is 45.1 Å². The summed E-state index contributed by atoms with van der Waals surface area (Å²) in [5.74, 6) is 0.623. The zero-order valence-corrected chi connectivity index (χ0v) is 13.5. The van der Waals surface area contributed by atoms with E-state index in [0.29, 0.717) is 0 Å². The van der Waals surface area contributed by atoms with Crippen LogP contribution < -0.4 is 10.2 Å². The van der Waals surface area contributed by atoms with E-state index in [2.05, 4.69) is 24.1 Å². The van der Waals surface area contributed by atoms with Gasteiger partial charge in [-0.25, -0.2) is 4.39 Å². The molecule has 1 aliphatic rings. The smallest absolute Gasteiger partial charge is 0.125 e. The van der Waals surface area contributed by atoms with Gasteiger partial charge in [-0.3, -0.25) is 0 Å². The Labute approximate surface area is 128 Å². The van der Waals surface area contributed by atoms with Gasteiger partial charge in [0.05, 0.1) is 0 Å². The molecule has 2 nitrogen and oxygen atoms in total. The lowest BCUT2D eigenvalue weighted by Gasteiger charge is -2.19. The lowest BCUT2D eigenvalue weighted by molar-refractivity contribution is 0.526. The number of anilines is 1. The molecule has 118 valence electrons. The third-order valence-electron chi connectivity index (χ3n) is 4.12. The predicted octanol–water partition coefficient (Wildman–Crippen LogP) is 3.99. The molecule has 0 aromatic heterocycles. The number of fused-ring (bicyclic) bond motifs is 1. The lowest BCUT2D eigenvalue weighted by atomic mass is 10.1. The third-order valence-corrected chi connectivity index (χ3v) is 4.12. The molecule has 0 saturated carbocycles. The van der Waals surface area contributed by atoms with E-state index in [0.717, 1.165) is 44.2 Å². The maximum absolute atomic E-state index is 13.3. The summed E-state index contributed by atoms with van der Waals surface area (Å²) in [7, 11) is 0. The minimum Gasteiger partial charge on any atom is -0.371 e. The van der Waals surface area contributed by atoms with Crippen molar-refractivity contribution in [1.82, 2.24) is 5.32 Å². The van der Waals surface area contributed by atoms with E-state index in [1.807, 2.05) is 6.07 Å². The van der Waals surface area contributed by atoms with Crippen molar-refractivity contribution in [3.8, 4) is 0 Å².